The molecule has 18 heavy (non-hydrogen) atoms. The van der Waals surface area contributed by atoms with Gasteiger partial charge < -0.3 is 10.2 Å². The molecule has 1 aliphatic heterocycles. The molecule has 0 aliphatic carbocycles. The topological polar surface area (TPSA) is 78.5 Å². The molecule has 1 aliphatic rings. The summed E-state index contributed by atoms with van der Waals surface area (Å²) >= 11 is 0. The number of nitrogens with zero attached hydrogens (tertiary/aromatic N) is 1. The Hall–Kier alpha value is -1.44. The van der Waals surface area contributed by atoms with E-state index in [2.05, 4.69) is 10.0 Å². The largest absolute Gasteiger partial charge is 0.310 e. The van der Waals surface area contributed by atoms with Gasteiger partial charge in [0.05, 0.1) is 11.4 Å². The molecule has 0 atom stereocenters. The van der Waals surface area contributed by atoms with Gasteiger partial charge in [-0.3, -0.25) is 4.79 Å². The average molecular weight is 269 g/mol. The molecule has 0 radical (unpaired) electrons. The van der Waals surface area contributed by atoms with E-state index in [0.29, 0.717) is 13.1 Å². The van der Waals surface area contributed by atoms with Crippen molar-refractivity contribution in [1.82, 2.24) is 10.0 Å². The lowest BCUT2D eigenvalue weighted by molar-refractivity contribution is -0.118. The molecule has 2 rings (SSSR count). The fourth-order valence-corrected chi connectivity index (χ4v) is 2.53. The van der Waals surface area contributed by atoms with Crippen LogP contribution in [0.4, 0.5) is 5.69 Å². The molecule has 6 nitrogen and oxygen atoms in total. The predicted molar refractivity (Wildman–Crippen MR) is 67.9 cm³/mol. The van der Waals surface area contributed by atoms with Crippen molar-refractivity contribution in [2.75, 3.05) is 31.6 Å². The average Bonchev–Trinajstić information content (AvgIpc) is 2.39. The second kappa shape index (κ2) is 5.05. The van der Waals surface area contributed by atoms with E-state index >= 15 is 0 Å². The molecule has 0 bridgehead atoms. The van der Waals surface area contributed by atoms with Crippen LogP contribution in [0.15, 0.2) is 29.2 Å². The molecule has 7 heteroatoms. The third-order valence-corrected chi connectivity index (χ3v) is 4.25. The lowest BCUT2D eigenvalue weighted by atomic mass is 10.2. The van der Waals surface area contributed by atoms with Crippen LogP contribution in [0, 0.1) is 0 Å². The summed E-state index contributed by atoms with van der Waals surface area (Å²) in [5.41, 5.74) is 0.719. The Morgan fingerprint density at radius 3 is 2.50 bits per heavy atom. The van der Waals surface area contributed by atoms with E-state index in [4.69, 9.17) is 0 Å². The molecule has 1 fully saturated rings. The maximum absolute atomic E-state index is 11.7. The summed E-state index contributed by atoms with van der Waals surface area (Å²) in [6.07, 6.45) is 0. The van der Waals surface area contributed by atoms with Crippen LogP contribution in [0.1, 0.15) is 0 Å². The Morgan fingerprint density at radius 1 is 1.28 bits per heavy atom. The first-order chi connectivity index (χ1) is 8.54. The number of rotatable bonds is 3. The van der Waals surface area contributed by atoms with Crippen LogP contribution in [0.2, 0.25) is 0 Å². The van der Waals surface area contributed by atoms with E-state index in [1.54, 1.807) is 17.0 Å². The number of anilines is 1. The lowest BCUT2D eigenvalue weighted by Crippen LogP contribution is -2.48. The van der Waals surface area contributed by atoms with Crippen molar-refractivity contribution in [3.8, 4) is 0 Å². The molecular weight excluding hydrogens is 254 g/mol. The summed E-state index contributed by atoms with van der Waals surface area (Å²) in [5, 5.41) is 2.98. The third-order valence-electron chi connectivity index (χ3n) is 2.82. The third kappa shape index (κ3) is 2.53. The quantitative estimate of drug-likeness (QED) is 0.777. The lowest BCUT2D eigenvalue weighted by Gasteiger charge is -2.27. The molecule has 1 saturated heterocycles. The van der Waals surface area contributed by atoms with Crippen LogP contribution >= 0.6 is 0 Å². The number of hydrogen-bond donors (Lipinski definition) is 2. The van der Waals surface area contributed by atoms with Crippen LogP contribution in [-0.2, 0) is 14.8 Å². The number of hydrogen-bond acceptors (Lipinski definition) is 4. The van der Waals surface area contributed by atoms with Crippen molar-refractivity contribution < 1.29 is 13.2 Å². The van der Waals surface area contributed by atoms with Gasteiger partial charge in [-0.2, -0.15) is 0 Å². The zero-order valence-electron chi connectivity index (χ0n) is 10.0. The first-order valence-electron chi connectivity index (χ1n) is 5.59. The Labute approximate surface area is 106 Å². The van der Waals surface area contributed by atoms with Gasteiger partial charge in [0.25, 0.3) is 0 Å². The second-order valence-corrected chi connectivity index (χ2v) is 5.81. The molecule has 1 heterocycles. The van der Waals surface area contributed by atoms with Crippen LogP contribution in [-0.4, -0.2) is 41.0 Å². The van der Waals surface area contributed by atoms with E-state index < -0.39 is 10.0 Å². The minimum atomic E-state index is -3.42. The Kier molecular flexibility index (Phi) is 3.65. The highest BCUT2D eigenvalue weighted by molar-refractivity contribution is 7.89. The van der Waals surface area contributed by atoms with E-state index in [0.717, 1.165) is 12.2 Å². The second-order valence-electron chi connectivity index (χ2n) is 3.92. The van der Waals surface area contributed by atoms with Gasteiger partial charge in [-0.25, -0.2) is 13.1 Å². The molecule has 0 unspecified atom stereocenters. The van der Waals surface area contributed by atoms with Crippen molar-refractivity contribution in [2.24, 2.45) is 0 Å². The van der Waals surface area contributed by atoms with Gasteiger partial charge in [-0.1, -0.05) is 0 Å². The van der Waals surface area contributed by atoms with Crippen molar-refractivity contribution in [3.63, 3.8) is 0 Å². The summed E-state index contributed by atoms with van der Waals surface area (Å²) in [4.78, 5) is 13.5. The van der Waals surface area contributed by atoms with E-state index in [1.165, 1.54) is 19.2 Å². The summed E-state index contributed by atoms with van der Waals surface area (Å²) in [7, 11) is -2.06. The van der Waals surface area contributed by atoms with Gasteiger partial charge in [-0.15, -0.1) is 0 Å². The number of nitrogens with one attached hydrogen (secondary N) is 2. The van der Waals surface area contributed by atoms with E-state index in [9.17, 15) is 13.2 Å². The first kappa shape index (κ1) is 13.0. The summed E-state index contributed by atoms with van der Waals surface area (Å²) in [6, 6.07) is 6.29. The highest BCUT2D eigenvalue weighted by Crippen LogP contribution is 2.18. The van der Waals surface area contributed by atoms with E-state index in [1.807, 2.05) is 0 Å². The Morgan fingerprint density at radius 2 is 1.94 bits per heavy atom. The van der Waals surface area contributed by atoms with Crippen molar-refractivity contribution in [2.45, 2.75) is 4.90 Å². The number of piperazine rings is 1. The standard InChI is InChI=1S/C11H15N3O3S/c1-12-18(16,17)10-4-2-9(3-5-10)14-7-6-13-8-11(14)15/h2-5,12-13H,6-8H2,1H3. The number of amides is 1. The van der Waals surface area contributed by atoms with Gasteiger partial charge in [0.2, 0.25) is 15.9 Å². The number of benzene rings is 1. The zero-order chi connectivity index (χ0) is 13.2. The first-order valence-corrected chi connectivity index (χ1v) is 7.07. The molecule has 0 aromatic heterocycles. The molecule has 0 spiro atoms. The Balaban J connectivity index is 2.25. The van der Waals surface area contributed by atoms with Gasteiger partial charge >= 0.3 is 0 Å². The van der Waals surface area contributed by atoms with Crippen LogP contribution in [0.25, 0.3) is 0 Å². The normalized spacial score (nSPS) is 16.9. The molecule has 1 aromatic carbocycles. The summed E-state index contributed by atoms with van der Waals surface area (Å²) < 4.78 is 25.3. The molecular formula is C11H15N3O3S. The molecule has 2 N–H and O–H groups in total. The zero-order valence-corrected chi connectivity index (χ0v) is 10.8. The summed E-state index contributed by atoms with van der Waals surface area (Å²) in [6.45, 7) is 1.65. The van der Waals surface area contributed by atoms with Gasteiger partial charge in [0.15, 0.2) is 0 Å². The van der Waals surface area contributed by atoms with Crippen LogP contribution in [0.3, 0.4) is 0 Å². The number of carbonyl (C=O) groups excluding carboxylic acids is 1. The maximum Gasteiger partial charge on any atom is 0.240 e. The van der Waals surface area contributed by atoms with Crippen LogP contribution in [0.5, 0.6) is 0 Å². The minimum absolute atomic E-state index is 0.00882. The van der Waals surface area contributed by atoms with Crippen molar-refractivity contribution in [3.05, 3.63) is 24.3 Å². The Bertz CT molecular complexity index is 539. The fourth-order valence-electron chi connectivity index (χ4n) is 1.80. The van der Waals surface area contributed by atoms with Gasteiger partial charge in [0.1, 0.15) is 0 Å². The molecule has 1 aromatic rings. The minimum Gasteiger partial charge on any atom is -0.310 e. The predicted octanol–water partition coefficient (Wildman–Crippen LogP) is -0.469. The van der Waals surface area contributed by atoms with Crippen molar-refractivity contribution in [1.29, 1.82) is 0 Å². The van der Waals surface area contributed by atoms with Crippen molar-refractivity contribution >= 4 is 21.6 Å². The molecule has 98 valence electrons. The molecule has 0 saturated carbocycles. The van der Waals surface area contributed by atoms with Gasteiger partial charge in [0, 0.05) is 18.8 Å². The number of sulfonamides is 1. The number of carbonyl (C=O) groups is 1. The van der Waals surface area contributed by atoms with Crippen LogP contribution < -0.4 is 14.9 Å². The smallest absolute Gasteiger partial charge is 0.240 e. The monoisotopic (exact) mass is 269 g/mol. The maximum atomic E-state index is 11.7. The van der Waals surface area contributed by atoms with E-state index in [-0.39, 0.29) is 10.8 Å². The summed E-state index contributed by atoms with van der Waals surface area (Å²) in [5.74, 6) is -0.00882. The fraction of sp³-hybridized carbons (Fsp3) is 0.364. The SMILES string of the molecule is CNS(=O)(=O)c1ccc(N2CCNCC2=O)cc1. The highest BCUT2D eigenvalue weighted by atomic mass is 32.2. The van der Waals surface area contributed by atoms with Gasteiger partial charge in [-0.05, 0) is 31.3 Å². The highest BCUT2D eigenvalue weighted by Gasteiger charge is 2.19. The molecule has 1 amide bonds.